The zero-order valence-corrected chi connectivity index (χ0v) is 12.2. The minimum absolute atomic E-state index is 0.695. The van der Waals surface area contributed by atoms with E-state index >= 15 is 0 Å². The Morgan fingerprint density at radius 1 is 1.30 bits per heavy atom. The Balaban J connectivity index is 2.21. The lowest BCUT2D eigenvalue weighted by atomic mass is 10.0. The third kappa shape index (κ3) is 3.37. The van der Waals surface area contributed by atoms with Crippen LogP contribution in [-0.4, -0.2) is 37.6 Å². The number of methoxy groups -OCH3 is 2. The molecule has 0 atom stereocenters. The van der Waals surface area contributed by atoms with Crippen molar-refractivity contribution in [1.29, 1.82) is 0 Å². The lowest BCUT2D eigenvalue weighted by molar-refractivity contribution is 0.199. The van der Waals surface area contributed by atoms with Gasteiger partial charge in [0.2, 0.25) is 0 Å². The van der Waals surface area contributed by atoms with Crippen molar-refractivity contribution < 1.29 is 9.47 Å². The largest absolute Gasteiger partial charge is 0.496 e. The van der Waals surface area contributed by atoms with Gasteiger partial charge in [-0.2, -0.15) is 5.10 Å². The smallest absolute Gasteiger partial charge is 0.128 e. The lowest BCUT2D eigenvalue weighted by Crippen LogP contribution is -2.18. The van der Waals surface area contributed by atoms with Crippen molar-refractivity contribution in [2.24, 2.45) is 0 Å². The van der Waals surface area contributed by atoms with Gasteiger partial charge in [0.05, 0.1) is 25.6 Å². The molecular formula is C15H21N3O2. The van der Waals surface area contributed by atoms with Crippen molar-refractivity contribution in [3.8, 4) is 17.0 Å². The predicted octanol–water partition coefficient (Wildman–Crippen LogP) is 2.13. The molecule has 2 N–H and O–H groups in total. The highest BCUT2D eigenvalue weighted by atomic mass is 16.5. The van der Waals surface area contributed by atoms with Crippen molar-refractivity contribution in [1.82, 2.24) is 15.5 Å². The average molecular weight is 275 g/mol. The van der Waals surface area contributed by atoms with Gasteiger partial charge in [-0.25, -0.2) is 0 Å². The van der Waals surface area contributed by atoms with Crippen molar-refractivity contribution in [3.05, 3.63) is 35.5 Å². The molecule has 5 heteroatoms. The number of H-pyrrole nitrogens is 1. The minimum atomic E-state index is 0.695. The second-order valence-electron chi connectivity index (χ2n) is 4.64. The maximum absolute atomic E-state index is 5.43. The van der Waals surface area contributed by atoms with Gasteiger partial charge in [0, 0.05) is 31.3 Å². The summed E-state index contributed by atoms with van der Waals surface area (Å²) in [7, 11) is 3.38. The lowest BCUT2D eigenvalue weighted by Gasteiger charge is -2.10. The number of hydrogen-bond acceptors (Lipinski definition) is 4. The van der Waals surface area contributed by atoms with Crippen molar-refractivity contribution >= 4 is 0 Å². The minimum Gasteiger partial charge on any atom is -0.496 e. The molecule has 2 aromatic rings. The normalized spacial score (nSPS) is 10.8. The standard InChI is InChI=1S/C15H21N3O2/c1-11-4-5-14(20-3)13(8-11)15-12(10-17-18-15)9-16-6-7-19-2/h4-5,8,10,16H,6-7,9H2,1-3H3,(H,17,18). The molecule has 1 aromatic carbocycles. The van der Waals surface area contributed by atoms with Gasteiger partial charge in [-0.3, -0.25) is 5.10 Å². The summed E-state index contributed by atoms with van der Waals surface area (Å²) in [6, 6.07) is 6.12. The van der Waals surface area contributed by atoms with Crippen LogP contribution in [-0.2, 0) is 11.3 Å². The van der Waals surface area contributed by atoms with Crippen LogP contribution in [0.3, 0.4) is 0 Å². The molecule has 0 bridgehead atoms. The van der Waals surface area contributed by atoms with Gasteiger partial charge in [0.25, 0.3) is 0 Å². The second-order valence-corrected chi connectivity index (χ2v) is 4.64. The second kappa shape index (κ2) is 7.07. The van der Waals surface area contributed by atoms with Crippen LogP contribution in [0.4, 0.5) is 0 Å². The number of benzene rings is 1. The first-order valence-corrected chi connectivity index (χ1v) is 6.63. The monoisotopic (exact) mass is 275 g/mol. The van der Waals surface area contributed by atoms with Crippen LogP contribution in [0.5, 0.6) is 5.75 Å². The average Bonchev–Trinajstić information content (AvgIpc) is 2.92. The molecule has 0 saturated heterocycles. The van der Waals surface area contributed by atoms with E-state index in [2.05, 4.69) is 28.5 Å². The molecule has 108 valence electrons. The van der Waals surface area contributed by atoms with Gasteiger partial charge in [-0.05, 0) is 19.1 Å². The van der Waals surface area contributed by atoms with E-state index in [-0.39, 0.29) is 0 Å². The number of aryl methyl sites for hydroxylation is 1. The van der Waals surface area contributed by atoms with Gasteiger partial charge in [-0.1, -0.05) is 11.6 Å². The summed E-state index contributed by atoms with van der Waals surface area (Å²) >= 11 is 0. The Bertz CT molecular complexity index is 552. The molecule has 0 radical (unpaired) electrons. The number of nitrogens with zero attached hydrogens (tertiary/aromatic N) is 1. The Morgan fingerprint density at radius 3 is 2.90 bits per heavy atom. The molecule has 0 amide bonds. The fraction of sp³-hybridized carbons (Fsp3) is 0.400. The first-order chi connectivity index (χ1) is 9.76. The number of ether oxygens (including phenoxy) is 2. The van der Waals surface area contributed by atoms with E-state index in [4.69, 9.17) is 9.47 Å². The molecule has 0 spiro atoms. The molecule has 0 fully saturated rings. The fourth-order valence-electron chi connectivity index (χ4n) is 2.09. The van der Waals surface area contributed by atoms with Gasteiger partial charge in [-0.15, -0.1) is 0 Å². The van der Waals surface area contributed by atoms with Crippen LogP contribution in [0.2, 0.25) is 0 Å². The number of aromatic nitrogens is 2. The summed E-state index contributed by atoms with van der Waals surface area (Å²) < 4.78 is 10.5. The van der Waals surface area contributed by atoms with Crippen molar-refractivity contribution in [3.63, 3.8) is 0 Å². The molecule has 20 heavy (non-hydrogen) atoms. The molecular weight excluding hydrogens is 254 g/mol. The summed E-state index contributed by atoms with van der Waals surface area (Å²) in [6.45, 7) is 4.31. The summed E-state index contributed by atoms with van der Waals surface area (Å²) in [5.74, 6) is 0.845. The van der Waals surface area contributed by atoms with Crippen molar-refractivity contribution in [2.45, 2.75) is 13.5 Å². The number of hydrogen-bond donors (Lipinski definition) is 2. The van der Waals surface area contributed by atoms with Gasteiger partial charge in [0.15, 0.2) is 0 Å². The maximum atomic E-state index is 5.43. The molecule has 0 aliphatic heterocycles. The van der Waals surface area contributed by atoms with Crippen LogP contribution < -0.4 is 10.1 Å². The Kier molecular flexibility index (Phi) is 5.15. The van der Waals surface area contributed by atoms with E-state index in [9.17, 15) is 0 Å². The molecule has 0 aliphatic rings. The number of aromatic amines is 1. The van der Waals surface area contributed by atoms with E-state index in [1.165, 1.54) is 5.56 Å². The van der Waals surface area contributed by atoms with Crippen LogP contribution in [0.15, 0.2) is 24.4 Å². The molecule has 1 heterocycles. The highest BCUT2D eigenvalue weighted by Crippen LogP contribution is 2.31. The number of nitrogens with one attached hydrogen (secondary N) is 2. The van der Waals surface area contributed by atoms with E-state index in [1.807, 2.05) is 18.3 Å². The number of rotatable bonds is 7. The molecule has 1 aromatic heterocycles. The fourth-order valence-corrected chi connectivity index (χ4v) is 2.09. The van der Waals surface area contributed by atoms with Crippen LogP contribution in [0.1, 0.15) is 11.1 Å². The van der Waals surface area contributed by atoms with E-state index in [0.29, 0.717) is 6.61 Å². The van der Waals surface area contributed by atoms with Crippen LogP contribution >= 0.6 is 0 Å². The van der Waals surface area contributed by atoms with E-state index < -0.39 is 0 Å². The predicted molar refractivity (Wildman–Crippen MR) is 78.9 cm³/mol. The first kappa shape index (κ1) is 14.6. The summed E-state index contributed by atoms with van der Waals surface area (Å²) in [5, 5.41) is 10.5. The third-order valence-electron chi connectivity index (χ3n) is 3.14. The zero-order valence-electron chi connectivity index (χ0n) is 12.2. The molecule has 0 saturated carbocycles. The Hall–Kier alpha value is -1.85. The summed E-state index contributed by atoms with van der Waals surface area (Å²) in [5.41, 5.74) is 4.34. The summed E-state index contributed by atoms with van der Waals surface area (Å²) in [4.78, 5) is 0. The zero-order chi connectivity index (χ0) is 14.4. The first-order valence-electron chi connectivity index (χ1n) is 6.63. The van der Waals surface area contributed by atoms with Crippen LogP contribution in [0, 0.1) is 6.92 Å². The topological polar surface area (TPSA) is 59.2 Å². The Morgan fingerprint density at radius 2 is 2.15 bits per heavy atom. The highest BCUT2D eigenvalue weighted by Gasteiger charge is 2.12. The molecule has 0 aliphatic carbocycles. The molecule has 2 rings (SSSR count). The van der Waals surface area contributed by atoms with Gasteiger partial charge < -0.3 is 14.8 Å². The third-order valence-corrected chi connectivity index (χ3v) is 3.14. The quantitative estimate of drug-likeness (QED) is 0.760. The van der Waals surface area contributed by atoms with Gasteiger partial charge >= 0.3 is 0 Å². The molecule has 0 unspecified atom stereocenters. The maximum Gasteiger partial charge on any atom is 0.128 e. The van der Waals surface area contributed by atoms with Crippen molar-refractivity contribution in [2.75, 3.05) is 27.4 Å². The molecule has 5 nitrogen and oxygen atoms in total. The van der Waals surface area contributed by atoms with E-state index in [0.717, 1.165) is 35.7 Å². The van der Waals surface area contributed by atoms with E-state index in [1.54, 1.807) is 14.2 Å². The van der Waals surface area contributed by atoms with Gasteiger partial charge in [0.1, 0.15) is 5.75 Å². The highest BCUT2D eigenvalue weighted by molar-refractivity contribution is 5.70. The summed E-state index contributed by atoms with van der Waals surface area (Å²) in [6.07, 6.45) is 1.84. The Labute approximate surface area is 119 Å². The van der Waals surface area contributed by atoms with Crippen LogP contribution in [0.25, 0.3) is 11.3 Å². The SMILES string of the molecule is COCCNCc1cn[nH]c1-c1cc(C)ccc1OC.